The first-order chi connectivity index (χ1) is 7.63. The third-order valence-corrected chi connectivity index (χ3v) is 2.37. The number of hydrogen-bond acceptors (Lipinski definition) is 6. The van der Waals surface area contributed by atoms with Gasteiger partial charge < -0.3 is 24.1 Å². The molecular weight excluding hydrogens is 218 g/mol. The Hall–Kier alpha value is -0.890. The summed E-state index contributed by atoms with van der Waals surface area (Å²) in [5.74, 6) is 0. The predicted molar refractivity (Wildman–Crippen MR) is 52.9 cm³/mol. The molecule has 7 nitrogen and oxygen atoms in total. The monoisotopic (exact) mass is 235 g/mol. The maximum Gasteiger partial charge on any atom is 0.409 e. The molecule has 1 amide bonds. The van der Waals surface area contributed by atoms with Crippen LogP contribution in [0.3, 0.4) is 0 Å². The molecule has 0 aromatic heterocycles. The molecule has 1 aliphatic rings. The van der Waals surface area contributed by atoms with E-state index in [9.17, 15) is 9.90 Å². The van der Waals surface area contributed by atoms with Gasteiger partial charge in [-0.15, -0.1) is 0 Å². The largest absolute Gasteiger partial charge is 0.440 e. The van der Waals surface area contributed by atoms with E-state index in [-0.39, 0.29) is 6.61 Å². The van der Waals surface area contributed by atoms with Gasteiger partial charge in [0.1, 0.15) is 12.2 Å². The van der Waals surface area contributed by atoms with E-state index in [1.165, 1.54) is 21.3 Å². The number of carbonyl (C=O) groups is 1. The lowest BCUT2D eigenvalue weighted by atomic mass is 10.1. The number of carbonyl (C=O) groups excluding carboxylic acids is 1. The average molecular weight is 235 g/mol. The van der Waals surface area contributed by atoms with E-state index in [4.69, 9.17) is 18.9 Å². The molecule has 0 aromatic carbocycles. The minimum absolute atomic E-state index is 0.0498. The van der Waals surface area contributed by atoms with Crippen LogP contribution in [-0.2, 0) is 18.9 Å². The lowest BCUT2D eigenvalue weighted by molar-refractivity contribution is -0.166. The number of aliphatic hydroxyl groups is 1. The first kappa shape index (κ1) is 13.2. The second-order valence-electron chi connectivity index (χ2n) is 3.39. The van der Waals surface area contributed by atoms with Crippen LogP contribution >= 0.6 is 0 Å². The Morgan fingerprint density at radius 1 is 1.44 bits per heavy atom. The van der Waals surface area contributed by atoms with Crippen LogP contribution in [-0.4, -0.2) is 63.7 Å². The summed E-state index contributed by atoms with van der Waals surface area (Å²) in [4.78, 5) is 11.2. The van der Waals surface area contributed by atoms with Gasteiger partial charge in [0.25, 0.3) is 0 Å². The second-order valence-corrected chi connectivity index (χ2v) is 3.39. The standard InChI is InChI=1S/C9H17NO6/c1-13-4-5(11)6-7(14-2)8(15-3)10-9(12)16-6/h5-8,11H,4H2,1-3H3,(H,10,12). The summed E-state index contributed by atoms with van der Waals surface area (Å²) < 4.78 is 19.9. The lowest BCUT2D eigenvalue weighted by Gasteiger charge is -2.37. The molecule has 0 radical (unpaired) electrons. The molecule has 1 saturated heterocycles. The average Bonchev–Trinajstić information content (AvgIpc) is 2.28. The van der Waals surface area contributed by atoms with Crippen molar-refractivity contribution in [3.63, 3.8) is 0 Å². The number of methoxy groups -OCH3 is 3. The Morgan fingerprint density at radius 3 is 2.62 bits per heavy atom. The number of rotatable bonds is 5. The third-order valence-electron chi connectivity index (χ3n) is 2.37. The van der Waals surface area contributed by atoms with E-state index in [1.807, 2.05) is 0 Å². The Morgan fingerprint density at radius 2 is 2.12 bits per heavy atom. The minimum atomic E-state index is -0.960. The SMILES string of the molecule is COCC(O)C1OC(=O)NC(OC)C1OC. The molecule has 0 spiro atoms. The summed E-state index contributed by atoms with van der Waals surface area (Å²) in [6.07, 6.45) is -3.67. The van der Waals surface area contributed by atoms with Crippen LogP contribution in [0.1, 0.15) is 0 Å². The van der Waals surface area contributed by atoms with E-state index >= 15 is 0 Å². The van der Waals surface area contributed by atoms with Crippen molar-refractivity contribution < 1.29 is 28.8 Å². The molecule has 16 heavy (non-hydrogen) atoms. The van der Waals surface area contributed by atoms with Crippen LogP contribution in [0.15, 0.2) is 0 Å². The van der Waals surface area contributed by atoms with Gasteiger partial charge in [0.2, 0.25) is 0 Å². The summed E-state index contributed by atoms with van der Waals surface area (Å²) in [7, 11) is 4.33. The van der Waals surface area contributed by atoms with Gasteiger partial charge in [-0.3, -0.25) is 5.32 Å². The van der Waals surface area contributed by atoms with Gasteiger partial charge in [-0.05, 0) is 0 Å². The van der Waals surface area contributed by atoms with E-state index in [0.717, 1.165) is 0 Å². The van der Waals surface area contributed by atoms with Crippen molar-refractivity contribution >= 4 is 6.09 Å². The first-order valence-electron chi connectivity index (χ1n) is 4.83. The molecule has 0 aromatic rings. The number of amides is 1. The molecule has 4 atom stereocenters. The fourth-order valence-corrected chi connectivity index (χ4v) is 1.61. The zero-order valence-corrected chi connectivity index (χ0v) is 9.50. The van der Waals surface area contributed by atoms with Crippen LogP contribution in [0.25, 0.3) is 0 Å². The highest BCUT2D eigenvalue weighted by atomic mass is 16.6. The zero-order valence-electron chi connectivity index (χ0n) is 9.50. The number of nitrogens with one attached hydrogen (secondary N) is 1. The number of aliphatic hydroxyl groups excluding tert-OH is 1. The molecule has 94 valence electrons. The number of hydrogen-bond donors (Lipinski definition) is 2. The zero-order chi connectivity index (χ0) is 12.1. The van der Waals surface area contributed by atoms with Crippen LogP contribution in [0.2, 0.25) is 0 Å². The Bertz CT molecular complexity index is 236. The summed E-state index contributed by atoms with van der Waals surface area (Å²) >= 11 is 0. The van der Waals surface area contributed by atoms with Crippen molar-refractivity contribution in [1.29, 1.82) is 0 Å². The van der Waals surface area contributed by atoms with Crippen molar-refractivity contribution in [2.24, 2.45) is 0 Å². The van der Waals surface area contributed by atoms with Crippen LogP contribution in [0, 0.1) is 0 Å². The molecule has 0 saturated carbocycles. The quantitative estimate of drug-likeness (QED) is 0.641. The van der Waals surface area contributed by atoms with E-state index in [2.05, 4.69) is 5.32 Å². The van der Waals surface area contributed by atoms with Crippen LogP contribution in [0.5, 0.6) is 0 Å². The minimum Gasteiger partial charge on any atom is -0.440 e. The number of alkyl carbamates (subject to hydrolysis) is 1. The third kappa shape index (κ3) is 2.82. The molecule has 4 unspecified atom stereocenters. The van der Waals surface area contributed by atoms with E-state index in [1.54, 1.807) is 0 Å². The molecule has 0 aliphatic carbocycles. The number of cyclic esters (lactones) is 1. The van der Waals surface area contributed by atoms with Gasteiger partial charge in [-0.1, -0.05) is 0 Å². The predicted octanol–water partition coefficient (Wildman–Crippen LogP) is -0.910. The molecule has 1 fully saturated rings. The highest BCUT2D eigenvalue weighted by Gasteiger charge is 2.42. The summed E-state index contributed by atoms with van der Waals surface area (Å²) in [6, 6.07) is 0. The summed E-state index contributed by atoms with van der Waals surface area (Å²) in [5, 5.41) is 12.2. The summed E-state index contributed by atoms with van der Waals surface area (Å²) in [6.45, 7) is 0.0498. The van der Waals surface area contributed by atoms with Crippen LogP contribution < -0.4 is 5.32 Å². The van der Waals surface area contributed by atoms with Crippen molar-refractivity contribution in [3.8, 4) is 0 Å². The van der Waals surface area contributed by atoms with Crippen molar-refractivity contribution in [3.05, 3.63) is 0 Å². The molecule has 2 N–H and O–H groups in total. The van der Waals surface area contributed by atoms with E-state index < -0.39 is 30.6 Å². The van der Waals surface area contributed by atoms with Gasteiger partial charge in [0, 0.05) is 21.3 Å². The van der Waals surface area contributed by atoms with Crippen molar-refractivity contribution in [2.45, 2.75) is 24.5 Å². The fraction of sp³-hybridized carbons (Fsp3) is 0.889. The van der Waals surface area contributed by atoms with Gasteiger partial charge in [-0.25, -0.2) is 4.79 Å². The Balaban J connectivity index is 2.73. The highest BCUT2D eigenvalue weighted by molar-refractivity contribution is 5.68. The van der Waals surface area contributed by atoms with E-state index in [0.29, 0.717) is 0 Å². The van der Waals surface area contributed by atoms with Gasteiger partial charge in [0.15, 0.2) is 12.3 Å². The smallest absolute Gasteiger partial charge is 0.409 e. The van der Waals surface area contributed by atoms with Gasteiger partial charge in [0.05, 0.1) is 6.61 Å². The molecule has 1 heterocycles. The van der Waals surface area contributed by atoms with Gasteiger partial charge in [-0.2, -0.15) is 0 Å². The molecular formula is C9H17NO6. The normalized spacial score (nSPS) is 31.8. The molecule has 1 rings (SSSR count). The fourth-order valence-electron chi connectivity index (χ4n) is 1.61. The highest BCUT2D eigenvalue weighted by Crippen LogP contribution is 2.18. The van der Waals surface area contributed by atoms with Crippen LogP contribution in [0.4, 0.5) is 4.79 Å². The molecule has 0 bridgehead atoms. The Kier molecular flexibility index (Phi) is 4.94. The van der Waals surface area contributed by atoms with Gasteiger partial charge >= 0.3 is 6.09 Å². The maximum atomic E-state index is 11.2. The first-order valence-corrected chi connectivity index (χ1v) is 4.83. The second kappa shape index (κ2) is 6.00. The maximum absolute atomic E-state index is 11.2. The van der Waals surface area contributed by atoms with Crippen molar-refractivity contribution in [1.82, 2.24) is 5.32 Å². The lowest BCUT2D eigenvalue weighted by Crippen LogP contribution is -2.61. The summed E-state index contributed by atoms with van der Waals surface area (Å²) in [5.41, 5.74) is 0. The Labute approximate surface area is 93.6 Å². The molecule has 1 aliphatic heterocycles. The van der Waals surface area contributed by atoms with Crippen molar-refractivity contribution in [2.75, 3.05) is 27.9 Å². The molecule has 7 heteroatoms. The topological polar surface area (TPSA) is 86.2 Å². The number of ether oxygens (including phenoxy) is 4.